The standard InChI is InChI=1S/C12H12ClN3O2/c1-14-12(17)10-6-7-16(15-10)8-18-11-5-3-2-4-9(11)13/h2-7H,8H2,1H3,(H,14,17). The topological polar surface area (TPSA) is 56.2 Å². The third-order valence-corrected chi connectivity index (χ3v) is 2.60. The van der Waals surface area contributed by atoms with Crippen LogP contribution in [0, 0.1) is 0 Å². The van der Waals surface area contributed by atoms with E-state index < -0.39 is 0 Å². The molecular formula is C12H12ClN3O2. The number of hydrogen-bond donors (Lipinski definition) is 1. The maximum Gasteiger partial charge on any atom is 0.271 e. The molecule has 1 aromatic carbocycles. The van der Waals surface area contributed by atoms with Crippen LogP contribution in [0.5, 0.6) is 5.75 Å². The number of halogens is 1. The monoisotopic (exact) mass is 265 g/mol. The molecule has 0 unspecified atom stereocenters. The summed E-state index contributed by atoms with van der Waals surface area (Å²) in [5.41, 5.74) is 0.347. The molecule has 1 aromatic heterocycles. The lowest BCUT2D eigenvalue weighted by Gasteiger charge is -2.07. The minimum atomic E-state index is -0.230. The molecule has 0 bridgehead atoms. The lowest BCUT2D eigenvalue weighted by atomic mass is 10.3. The van der Waals surface area contributed by atoms with Crippen LogP contribution in [-0.2, 0) is 6.73 Å². The predicted octanol–water partition coefficient (Wildman–Crippen LogP) is 1.93. The second-order valence-electron chi connectivity index (χ2n) is 3.52. The minimum absolute atomic E-state index is 0.195. The van der Waals surface area contributed by atoms with E-state index in [1.54, 1.807) is 31.4 Å². The van der Waals surface area contributed by atoms with Crippen LogP contribution in [0.1, 0.15) is 10.5 Å². The quantitative estimate of drug-likeness (QED) is 0.919. The van der Waals surface area contributed by atoms with Crippen molar-refractivity contribution < 1.29 is 9.53 Å². The van der Waals surface area contributed by atoms with Crippen molar-refractivity contribution in [3.05, 3.63) is 47.2 Å². The van der Waals surface area contributed by atoms with Crippen LogP contribution in [-0.4, -0.2) is 22.7 Å². The van der Waals surface area contributed by atoms with E-state index in [1.165, 1.54) is 4.68 Å². The van der Waals surface area contributed by atoms with Gasteiger partial charge in [-0.25, -0.2) is 4.68 Å². The summed E-state index contributed by atoms with van der Waals surface area (Å²) < 4.78 is 7.01. The summed E-state index contributed by atoms with van der Waals surface area (Å²) in [6.45, 7) is 0.195. The number of para-hydroxylation sites is 1. The zero-order chi connectivity index (χ0) is 13.0. The molecule has 1 N–H and O–H groups in total. The summed E-state index contributed by atoms with van der Waals surface area (Å²) in [5.74, 6) is 0.350. The van der Waals surface area contributed by atoms with E-state index in [1.807, 2.05) is 12.1 Å². The number of nitrogens with zero attached hydrogens (tertiary/aromatic N) is 2. The van der Waals surface area contributed by atoms with Crippen molar-refractivity contribution in [1.82, 2.24) is 15.1 Å². The zero-order valence-electron chi connectivity index (χ0n) is 9.76. The Labute approximate surface area is 109 Å². The van der Waals surface area contributed by atoms with Gasteiger partial charge in [0.2, 0.25) is 0 Å². The molecule has 0 fully saturated rings. The molecule has 0 saturated heterocycles. The number of amides is 1. The summed E-state index contributed by atoms with van der Waals surface area (Å²) in [6, 6.07) is 8.79. The molecule has 0 aliphatic heterocycles. The third kappa shape index (κ3) is 2.81. The molecule has 1 heterocycles. The molecule has 2 aromatic rings. The molecule has 0 aliphatic rings. The maximum atomic E-state index is 11.3. The molecule has 2 rings (SSSR count). The first kappa shape index (κ1) is 12.4. The van der Waals surface area contributed by atoms with Gasteiger partial charge in [-0.15, -0.1) is 0 Å². The first-order valence-corrected chi connectivity index (χ1v) is 5.71. The Morgan fingerprint density at radius 1 is 1.44 bits per heavy atom. The van der Waals surface area contributed by atoms with Gasteiger partial charge in [-0.3, -0.25) is 4.79 Å². The normalized spacial score (nSPS) is 10.1. The first-order chi connectivity index (χ1) is 8.70. The highest BCUT2D eigenvalue weighted by Gasteiger charge is 2.07. The molecule has 94 valence electrons. The van der Waals surface area contributed by atoms with Crippen molar-refractivity contribution in [2.24, 2.45) is 0 Å². The second kappa shape index (κ2) is 5.55. The summed E-state index contributed by atoms with van der Waals surface area (Å²) in [5, 5.41) is 7.10. The largest absolute Gasteiger partial charge is 0.470 e. The van der Waals surface area contributed by atoms with Gasteiger partial charge in [0.25, 0.3) is 5.91 Å². The molecule has 0 atom stereocenters. The SMILES string of the molecule is CNC(=O)c1ccn(COc2ccccc2Cl)n1. The van der Waals surface area contributed by atoms with E-state index in [2.05, 4.69) is 10.4 Å². The van der Waals surface area contributed by atoms with Crippen molar-refractivity contribution in [2.75, 3.05) is 7.05 Å². The number of nitrogens with one attached hydrogen (secondary N) is 1. The predicted molar refractivity (Wildman–Crippen MR) is 67.7 cm³/mol. The van der Waals surface area contributed by atoms with Crippen molar-refractivity contribution in [3.8, 4) is 5.75 Å². The average molecular weight is 266 g/mol. The fourth-order valence-electron chi connectivity index (χ4n) is 1.38. The Balaban J connectivity index is 2.01. The zero-order valence-corrected chi connectivity index (χ0v) is 10.5. The van der Waals surface area contributed by atoms with Crippen LogP contribution >= 0.6 is 11.6 Å². The number of ether oxygens (including phenoxy) is 1. The third-order valence-electron chi connectivity index (χ3n) is 2.29. The fraction of sp³-hybridized carbons (Fsp3) is 0.167. The van der Waals surface area contributed by atoms with Crippen molar-refractivity contribution >= 4 is 17.5 Å². The van der Waals surface area contributed by atoms with Gasteiger partial charge in [0.1, 0.15) is 11.4 Å². The van der Waals surface area contributed by atoms with Crippen molar-refractivity contribution in [2.45, 2.75) is 6.73 Å². The van der Waals surface area contributed by atoms with Gasteiger partial charge in [-0.1, -0.05) is 23.7 Å². The molecule has 0 saturated carbocycles. The Bertz CT molecular complexity index is 554. The smallest absolute Gasteiger partial charge is 0.271 e. The number of carbonyl (C=O) groups excluding carboxylic acids is 1. The molecule has 18 heavy (non-hydrogen) atoms. The van der Waals surface area contributed by atoms with E-state index in [4.69, 9.17) is 16.3 Å². The van der Waals surface area contributed by atoms with Crippen LogP contribution in [0.2, 0.25) is 5.02 Å². The highest BCUT2D eigenvalue weighted by atomic mass is 35.5. The summed E-state index contributed by atoms with van der Waals surface area (Å²) in [4.78, 5) is 11.3. The highest BCUT2D eigenvalue weighted by molar-refractivity contribution is 6.32. The summed E-state index contributed by atoms with van der Waals surface area (Å²) in [6.07, 6.45) is 1.67. The van der Waals surface area contributed by atoms with Gasteiger partial charge in [0, 0.05) is 13.2 Å². The van der Waals surface area contributed by atoms with E-state index >= 15 is 0 Å². The Kier molecular flexibility index (Phi) is 3.84. The van der Waals surface area contributed by atoms with Gasteiger partial charge < -0.3 is 10.1 Å². The van der Waals surface area contributed by atoms with E-state index in [-0.39, 0.29) is 12.6 Å². The van der Waals surface area contributed by atoms with Crippen LogP contribution in [0.15, 0.2) is 36.5 Å². The summed E-state index contributed by atoms with van der Waals surface area (Å²) >= 11 is 5.95. The van der Waals surface area contributed by atoms with E-state index in [9.17, 15) is 4.79 Å². The van der Waals surface area contributed by atoms with Crippen LogP contribution in [0.25, 0.3) is 0 Å². The molecule has 6 heteroatoms. The highest BCUT2D eigenvalue weighted by Crippen LogP contribution is 2.23. The van der Waals surface area contributed by atoms with Gasteiger partial charge in [0.05, 0.1) is 5.02 Å². The number of rotatable bonds is 4. The number of carbonyl (C=O) groups is 1. The Hall–Kier alpha value is -2.01. The molecular weight excluding hydrogens is 254 g/mol. The fourth-order valence-corrected chi connectivity index (χ4v) is 1.57. The molecule has 5 nitrogen and oxygen atoms in total. The Morgan fingerprint density at radius 2 is 2.22 bits per heavy atom. The number of aromatic nitrogens is 2. The van der Waals surface area contributed by atoms with E-state index in [0.29, 0.717) is 16.5 Å². The lowest BCUT2D eigenvalue weighted by molar-refractivity contribution is 0.0956. The number of benzene rings is 1. The van der Waals surface area contributed by atoms with Crippen molar-refractivity contribution in [1.29, 1.82) is 0 Å². The lowest BCUT2D eigenvalue weighted by Crippen LogP contribution is -2.19. The van der Waals surface area contributed by atoms with Crippen LogP contribution < -0.4 is 10.1 Å². The molecule has 0 radical (unpaired) electrons. The van der Waals surface area contributed by atoms with Gasteiger partial charge in [-0.2, -0.15) is 5.10 Å². The second-order valence-corrected chi connectivity index (χ2v) is 3.93. The molecule has 1 amide bonds. The average Bonchev–Trinajstić information content (AvgIpc) is 2.86. The first-order valence-electron chi connectivity index (χ1n) is 5.33. The van der Waals surface area contributed by atoms with Gasteiger partial charge in [-0.05, 0) is 18.2 Å². The summed E-state index contributed by atoms with van der Waals surface area (Å²) in [7, 11) is 1.56. The number of hydrogen-bond acceptors (Lipinski definition) is 3. The minimum Gasteiger partial charge on any atom is -0.470 e. The van der Waals surface area contributed by atoms with Gasteiger partial charge >= 0.3 is 0 Å². The van der Waals surface area contributed by atoms with Crippen LogP contribution in [0.4, 0.5) is 0 Å². The van der Waals surface area contributed by atoms with Crippen LogP contribution in [0.3, 0.4) is 0 Å². The van der Waals surface area contributed by atoms with E-state index in [0.717, 1.165) is 0 Å². The van der Waals surface area contributed by atoms with Gasteiger partial charge in [0.15, 0.2) is 6.73 Å². The molecule has 0 spiro atoms. The maximum absolute atomic E-state index is 11.3. The molecule has 0 aliphatic carbocycles. The van der Waals surface area contributed by atoms with Crippen molar-refractivity contribution in [3.63, 3.8) is 0 Å². The Morgan fingerprint density at radius 3 is 2.94 bits per heavy atom.